The molecule has 1 amide bonds. The lowest BCUT2D eigenvalue weighted by atomic mass is 9.91. The standard InChI is InChI=1S/C35H46ClFN6O2.C2H6/c1-4-9-30-32(24(2)15-16-26-10-5-6-14-31(26)36)39-35(45-23-29-13-8-19-42(29)27-11-7-12-27)40-33(30)41-20-21-43(34(44)25(3)37)28(22-41)17-18-38;1-2/h5-6,10,14,24,27-29H,3-4,7-9,11-13,15-17,19-23H2,1-2H3;1-2H3/t24-,28?,29?;/m1./s1. The Hall–Kier alpha value is -3.22. The van der Waals surface area contributed by atoms with Gasteiger partial charge in [-0.25, -0.2) is 4.39 Å². The zero-order chi connectivity index (χ0) is 33.9. The molecule has 5 rings (SSSR count). The predicted octanol–water partition coefficient (Wildman–Crippen LogP) is 7.65. The van der Waals surface area contributed by atoms with E-state index in [1.54, 1.807) is 0 Å². The highest BCUT2D eigenvalue weighted by Gasteiger charge is 2.36. The molecule has 1 aromatic heterocycles. The number of anilines is 1. The van der Waals surface area contributed by atoms with Crippen molar-refractivity contribution in [2.75, 3.05) is 37.7 Å². The second kappa shape index (κ2) is 17.8. The van der Waals surface area contributed by atoms with E-state index in [9.17, 15) is 14.4 Å². The summed E-state index contributed by atoms with van der Waals surface area (Å²) in [5, 5.41) is 10.3. The highest BCUT2D eigenvalue weighted by atomic mass is 35.5. The number of amides is 1. The number of hydrogen-bond acceptors (Lipinski definition) is 7. The van der Waals surface area contributed by atoms with Gasteiger partial charge >= 0.3 is 6.01 Å². The van der Waals surface area contributed by atoms with Crippen LogP contribution in [0.3, 0.4) is 0 Å². The number of carbonyl (C=O) groups excluding carboxylic acids is 1. The van der Waals surface area contributed by atoms with Crippen molar-refractivity contribution in [1.29, 1.82) is 5.26 Å². The normalized spacial score (nSPS) is 20.5. The number of rotatable bonds is 13. The van der Waals surface area contributed by atoms with Gasteiger partial charge in [0.2, 0.25) is 0 Å². The summed E-state index contributed by atoms with van der Waals surface area (Å²) in [5.41, 5.74) is 3.15. The summed E-state index contributed by atoms with van der Waals surface area (Å²) < 4.78 is 20.3. The van der Waals surface area contributed by atoms with Crippen LogP contribution >= 0.6 is 11.6 Å². The first kappa shape index (κ1) is 36.6. The number of carbonyl (C=O) groups is 1. The smallest absolute Gasteiger partial charge is 0.318 e. The van der Waals surface area contributed by atoms with Crippen molar-refractivity contribution < 1.29 is 13.9 Å². The summed E-state index contributed by atoms with van der Waals surface area (Å²) >= 11 is 6.50. The third-order valence-corrected chi connectivity index (χ3v) is 10.1. The summed E-state index contributed by atoms with van der Waals surface area (Å²) in [6.07, 6.45) is 9.59. The van der Waals surface area contributed by atoms with Crippen LogP contribution in [0.2, 0.25) is 5.02 Å². The first-order chi connectivity index (χ1) is 22.8. The van der Waals surface area contributed by atoms with Gasteiger partial charge in [-0.2, -0.15) is 15.2 Å². The average Bonchev–Trinajstić information content (AvgIpc) is 3.51. The van der Waals surface area contributed by atoms with Crippen molar-refractivity contribution in [2.45, 2.75) is 116 Å². The molecule has 1 aromatic carbocycles. The number of hydrogen-bond donors (Lipinski definition) is 0. The van der Waals surface area contributed by atoms with Crippen molar-refractivity contribution in [3.63, 3.8) is 0 Å². The monoisotopic (exact) mass is 666 g/mol. The maximum atomic E-state index is 13.9. The minimum absolute atomic E-state index is 0.0901. The third-order valence-electron chi connectivity index (χ3n) is 9.74. The number of piperazine rings is 1. The molecule has 3 atom stereocenters. The molecule has 0 bridgehead atoms. The molecule has 2 aromatic rings. The fourth-order valence-corrected chi connectivity index (χ4v) is 7.29. The zero-order valence-electron chi connectivity index (χ0n) is 28.7. The number of benzene rings is 1. The Bertz CT molecular complexity index is 1400. The Morgan fingerprint density at radius 3 is 2.55 bits per heavy atom. The SMILES string of the molecule is C=C(F)C(=O)N1CCN(c2nc(OCC3CCCN3C3CCC3)nc([C@H](C)CCc3ccccc3Cl)c2CCC)CC1CC#N.CC. The number of nitrogens with zero attached hydrogens (tertiary/aromatic N) is 6. The van der Waals surface area contributed by atoms with Crippen LogP contribution < -0.4 is 9.64 Å². The number of halogens is 2. The van der Waals surface area contributed by atoms with Gasteiger partial charge < -0.3 is 14.5 Å². The van der Waals surface area contributed by atoms with Crippen LogP contribution in [-0.2, 0) is 17.6 Å². The average molecular weight is 667 g/mol. The van der Waals surface area contributed by atoms with E-state index >= 15 is 0 Å². The van der Waals surface area contributed by atoms with Gasteiger partial charge in [0.15, 0.2) is 5.83 Å². The Morgan fingerprint density at radius 1 is 1.13 bits per heavy atom. The summed E-state index contributed by atoms with van der Waals surface area (Å²) in [4.78, 5) is 28.9. The minimum atomic E-state index is -1.01. The number of aryl methyl sites for hydroxylation is 1. The zero-order valence-corrected chi connectivity index (χ0v) is 29.4. The molecule has 0 spiro atoms. The number of aromatic nitrogens is 2. The van der Waals surface area contributed by atoms with Gasteiger partial charge in [0.25, 0.3) is 5.91 Å². The van der Waals surface area contributed by atoms with E-state index in [1.165, 1.54) is 30.6 Å². The minimum Gasteiger partial charge on any atom is -0.462 e. The Labute approximate surface area is 285 Å². The molecule has 47 heavy (non-hydrogen) atoms. The number of likely N-dealkylation sites (tertiary alicyclic amines) is 1. The fourth-order valence-electron chi connectivity index (χ4n) is 7.06. The number of ether oxygens (including phenoxy) is 1. The van der Waals surface area contributed by atoms with Crippen LogP contribution in [0.1, 0.15) is 102 Å². The largest absolute Gasteiger partial charge is 0.462 e. The highest BCUT2D eigenvalue weighted by molar-refractivity contribution is 6.31. The van der Waals surface area contributed by atoms with Crippen LogP contribution in [-0.4, -0.2) is 76.6 Å². The summed E-state index contributed by atoms with van der Waals surface area (Å²) in [6, 6.07) is 11.1. The van der Waals surface area contributed by atoms with E-state index in [0.717, 1.165) is 66.3 Å². The maximum absolute atomic E-state index is 13.9. The van der Waals surface area contributed by atoms with Crippen LogP contribution in [0.15, 0.2) is 36.7 Å². The molecule has 3 aliphatic rings. The van der Waals surface area contributed by atoms with Crippen LogP contribution in [0.5, 0.6) is 6.01 Å². The van der Waals surface area contributed by atoms with Crippen LogP contribution in [0.25, 0.3) is 0 Å². The number of nitriles is 1. The molecule has 2 unspecified atom stereocenters. The molecule has 0 N–H and O–H groups in total. The molecule has 10 heteroatoms. The highest BCUT2D eigenvalue weighted by Crippen LogP contribution is 2.35. The maximum Gasteiger partial charge on any atom is 0.318 e. The van der Waals surface area contributed by atoms with Gasteiger partial charge in [0.05, 0.1) is 24.2 Å². The lowest BCUT2D eigenvalue weighted by Crippen LogP contribution is -2.55. The van der Waals surface area contributed by atoms with Gasteiger partial charge in [-0.05, 0) is 69.0 Å². The molecule has 2 saturated heterocycles. The van der Waals surface area contributed by atoms with Crippen LogP contribution in [0.4, 0.5) is 10.2 Å². The summed E-state index contributed by atoms with van der Waals surface area (Å²) in [6.45, 7) is 14.3. The first-order valence-corrected chi connectivity index (χ1v) is 18.0. The molecule has 1 aliphatic carbocycles. The topological polar surface area (TPSA) is 85.6 Å². The van der Waals surface area contributed by atoms with Gasteiger partial charge in [-0.3, -0.25) is 9.69 Å². The Balaban J connectivity index is 0.00000245. The second-order valence-electron chi connectivity index (χ2n) is 12.8. The lowest BCUT2D eigenvalue weighted by molar-refractivity contribution is -0.131. The van der Waals surface area contributed by atoms with Crippen molar-refractivity contribution in [3.05, 3.63) is 58.5 Å². The summed E-state index contributed by atoms with van der Waals surface area (Å²) in [7, 11) is 0. The third kappa shape index (κ3) is 9.03. The van der Waals surface area contributed by atoms with Gasteiger partial charge in [-0.15, -0.1) is 0 Å². The molecular formula is C37H52ClFN6O2. The fraction of sp³-hybridized carbons (Fsp3) is 0.622. The van der Waals surface area contributed by atoms with E-state index in [2.05, 4.69) is 42.4 Å². The van der Waals surface area contributed by atoms with Gasteiger partial charge in [0.1, 0.15) is 12.4 Å². The van der Waals surface area contributed by atoms with Crippen molar-refractivity contribution in [1.82, 2.24) is 19.8 Å². The van der Waals surface area contributed by atoms with E-state index in [1.807, 2.05) is 32.0 Å². The van der Waals surface area contributed by atoms with Crippen molar-refractivity contribution in [2.24, 2.45) is 0 Å². The van der Waals surface area contributed by atoms with E-state index in [0.29, 0.717) is 37.8 Å². The lowest BCUT2D eigenvalue weighted by Gasteiger charge is -2.41. The molecule has 3 heterocycles. The van der Waals surface area contributed by atoms with Gasteiger partial charge in [-0.1, -0.05) is 76.9 Å². The summed E-state index contributed by atoms with van der Waals surface area (Å²) in [5.74, 6) is -0.861. The molecule has 1 saturated carbocycles. The molecule has 0 radical (unpaired) electrons. The molecule has 8 nitrogen and oxygen atoms in total. The Kier molecular flexibility index (Phi) is 13.9. The van der Waals surface area contributed by atoms with Crippen molar-refractivity contribution >= 4 is 23.3 Å². The van der Waals surface area contributed by atoms with E-state index in [-0.39, 0.29) is 18.9 Å². The quantitative estimate of drug-likeness (QED) is 0.203. The predicted molar refractivity (Wildman–Crippen MR) is 187 cm³/mol. The Morgan fingerprint density at radius 2 is 1.89 bits per heavy atom. The van der Waals surface area contributed by atoms with E-state index in [4.69, 9.17) is 26.3 Å². The molecule has 3 fully saturated rings. The molecule has 2 aliphatic heterocycles. The second-order valence-corrected chi connectivity index (χ2v) is 13.2. The first-order valence-electron chi connectivity index (χ1n) is 17.6. The molecular weight excluding hydrogens is 615 g/mol. The van der Waals surface area contributed by atoms with E-state index < -0.39 is 17.8 Å². The van der Waals surface area contributed by atoms with Gasteiger partial charge in [0, 0.05) is 42.3 Å². The van der Waals surface area contributed by atoms with Crippen molar-refractivity contribution in [3.8, 4) is 12.1 Å². The molecule has 256 valence electrons. The van der Waals surface area contributed by atoms with Crippen LogP contribution in [0, 0.1) is 11.3 Å².